The van der Waals surface area contributed by atoms with Crippen molar-refractivity contribution in [2.45, 2.75) is 12.2 Å². The number of nitrogens with two attached hydrogens (primary N) is 1. The Bertz CT molecular complexity index is 542. The Kier molecular flexibility index (Phi) is 4.18. The van der Waals surface area contributed by atoms with E-state index in [0.717, 1.165) is 11.4 Å². The molecule has 1 unspecified atom stereocenters. The number of esters is 1. The van der Waals surface area contributed by atoms with Gasteiger partial charge in [0.15, 0.2) is 5.25 Å². The van der Waals surface area contributed by atoms with Gasteiger partial charge in [-0.1, -0.05) is 6.07 Å². The molecule has 100 valence electrons. The average Bonchev–Trinajstić information content (AvgIpc) is 2.35. The molecule has 0 bridgehead atoms. The zero-order chi connectivity index (χ0) is 13.9. The van der Waals surface area contributed by atoms with E-state index in [4.69, 9.17) is 5.73 Å². The monoisotopic (exact) mass is 272 g/mol. The molecule has 0 aliphatic carbocycles. The van der Waals surface area contributed by atoms with Crippen LogP contribution in [0.2, 0.25) is 0 Å². The standard InChI is InChI=1S/C11H16N2O4S/c1-8(11(14)17-3)18(15,16)13(2)10-6-4-5-9(12)7-10/h4-8H,12H2,1-3H3. The molecule has 0 aromatic heterocycles. The molecule has 0 radical (unpaired) electrons. The van der Waals surface area contributed by atoms with Gasteiger partial charge in [0, 0.05) is 12.7 Å². The molecule has 0 heterocycles. The van der Waals surface area contributed by atoms with Gasteiger partial charge in [-0.15, -0.1) is 0 Å². The Morgan fingerprint density at radius 3 is 2.56 bits per heavy atom. The predicted octanol–water partition coefficient (Wildman–Crippen LogP) is 0.596. The van der Waals surface area contributed by atoms with Gasteiger partial charge in [-0.25, -0.2) is 8.42 Å². The first-order valence-corrected chi connectivity index (χ1v) is 6.72. The van der Waals surface area contributed by atoms with Crippen molar-refractivity contribution in [3.05, 3.63) is 24.3 Å². The molecule has 2 N–H and O–H groups in total. The van der Waals surface area contributed by atoms with Crippen molar-refractivity contribution in [3.63, 3.8) is 0 Å². The van der Waals surface area contributed by atoms with Gasteiger partial charge in [-0.2, -0.15) is 0 Å². The van der Waals surface area contributed by atoms with E-state index in [1.807, 2.05) is 0 Å². The fourth-order valence-electron chi connectivity index (χ4n) is 1.39. The zero-order valence-corrected chi connectivity index (χ0v) is 11.3. The normalized spacial score (nSPS) is 12.8. The molecule has 0 fully saturated rings. The molecular weight excluding hydrogens is 256 g/mol. The quantitative estimate of drug-likeness (QED) is 0.640. The van der Waals surface area contributed by atoms with E-state index in [9.17, 15) is 13.2 Å². The first-order chi connectivity index (χ1) is 8.30. The zero-order valence-electron chi connectivity index (χ0n) is 10.5. The molecule has 1 aromatic carbocycles. The molecule has 0 aliphatic rings. The van der Waals surface area contributed by atoms with Gasteiger partial charge in [0.1, 0.15) is 0 Å². The Hall–Kier alpha value is -1.76. The van der Waals surface area contributed by atoms with E-state index in [1.54, 1.807) is 18.2 Å². The van der Waals surface area contributed by atoms with Gasteiger partial charge >= 0.3 is 5.97 Å². The highest BCUT2D eigenvalue weighted by Gasteiger charge is 2.32. The van der Waals surface area contributed by atoms with E-state index in [0.29, 0.717) is 11.4 Å². The summed E-state index contributed by atoms with van der Waals surface area (Å²) in [6.45, 7) is 1.28. The summed E-state index contributed by atoms with van der Waals surface area (Å²) in [5.74, 6) is -0.800. The lowest BCUT2D eigenvalue weighted by Gasteiger charge is -2.22. The summed E-state index contributed by atoms with van der Waals surface area (Å²) in [4.78, 5) is 11.3. The van der Waals surface area contributed by atoms with Gasteiger partial charge in [0.2, 0.25) is 10.0 Å². The molecule has 1 atom stereocenters. The van der Waals surface area contributed by atoms with Crippen LogP contribution in [0.25, 0.3) is 0 Å². The molecule has 0 amide bonds. The number of anilines is 2. The smallest absolute Gasteiger partial charge is 0.325 e. The van der Waals surface area contributed by atoms with Crippen LogP contribution in [-0.2, 0) is 19.6 Å². The number of sulfonamides is 1. The number of carbonyl (C=O) groups is 1. The highest BCUT2D eigenvalue weighted by Crippen LogP contribution is 2.21. The number of methoxy groups -OCH3 is 1. The molecular formula is C11H16N2O4S. The summed E-state index contributed by atoms with van der Waals surface area (Å²) in [7, 11) is -1.30. The molecule has 18 heavy (non-hydrogen) atoms. The summed E-state index contributed by atoms with van der Waals surface area (Å²) in [6, 6.07) is 6.40. The largest absolute Gasteiger partial charge is 0.468 e. The van der Waals surface area contributed by atoms with Crippen molar-refractivity contribution < 1.29 is 17.9 Å². The number of benzene rings is 1. The minimum absolute atomic E-state index is 0.394. The summed E-state index contributed by atoms with van der Waals surface area (Å²) in [5.41, 5.74) is 6.43. The highest BCUT2D eigenvalue weighted by molar-refractivity contribution is 7.94. The number of rotatable bonds is 4. The van der Waals surface area contributed by atoms with Crippen molar-refractivity contribution in [2.75, 3.05) is 24.2 Å². The van der Waals surface area contributed by atoms with Crippen LogP contribution in [0.15, 0.2) is 24.3 Å². The number of hydrogen-bond acceptors (Lipinski definition) is 5. The first kappa shape index (κ1) is 14.3. The molecule has 0 saturated heterocycles. The van der Waals surface area contributed by atoms with Crippen LogP contribution in [0.5, 0.6) is 0 Å². The fourth-order valence-corrected chi connectivity index (χ4v) is 2.61. The SMILES string of the molecule is COC(=O)C(C)S(=O)(=O)N(C)c1cccc(N)c1. The number of carbonyl (C=O) groups excluding carboxylic acids is 1. The van der Waals surface area contributed by atoms with Gasteiger partial charge < -0.3 is 10.5 Å². The molecule has 1 rings (SSSR count). The van der Waals surface area contributed by atoms with Gasteiger partial charge in [-0.3, -0.25) is 9.10 Å². The lowest BCUT2D eigenvalue weighted by molar-refractivity contribution is -0.139. The maximum atomic E-state index is 12.1. The second-order valence-corrected chi connectivity index (χ2v) is 6.06. The van der Waals surface area contributed by atoms with Crippen molar-refractivity contribution in [3.8, 4) is 0 Å². The topological polar surface area (TPSA) is 89.7 Å². The second kappa shape index (κ2) is 5.26. The Labute approximate surface area is 106 Å². The molecule has 7 heteroatoms. The summed E-state index contributed by atoms with van der Waals surface area (Å²) in [6.07, 6.45) is 0. The number of nitrogen functional groups attached to an aromatic ring is 1. The maximum absolute atomic E-state index is 12.1. The third kappa shape index (κ3) is 2.73. The fraction of sp³-hybridized carbons (Fsp3) is 0.364. The van der Waals surface area contributed by atoms with Crippen LogP contribution in [0.1, 0.15) is 6.92 Å². The van der Waals surface area contributed by atoms with E-state index >= 15 is 0 Å². The summed E-state index contributed by atoms with van der Waals surface area (Å²) < 4.78 is 29.7. The van der Waals surface area contributed by atoms with Crippen molar-refractivity contribution in [1.29, 1.82) is 0 Å². The number of nitrogens with zero attached hydrogens (tertiary/aromatic N) is 1. The van der Waals surface area contributed by atoms with Crippen molar-refractivity contribution >= 4 is 27.4 Å². The molecule has 0 saturated carbocycles. The molecule has 6 nitrogen and oxygen atoms in total. The minimum atomic E-state index is -3.82. The van der Waals surface area contributed by atoms with Crippen LogP contribution in [0.3, 0.4) is 0 Å². The average molecular weight is 272 g/mol. The summed E-state index contributed by atoms with van der Waals surface area (Å²) in [5, 5.41) is -1.27. The molecule has 1 aromatic rings. The lowest BCUT2D eigenvalue weighted by atomic mass is 10.3. The third-order valence-electron chi connectivity index (χ3n) is 2.60. The van der Waals surface area contributed by atoms with Crippen LogP contribution in [-0.4, -0.2) is 33.8 Å². The summed E-state index contributed by atoms with van der Waals surface area (Å²) >= 11 is 0. The third-order valence-corrected chi connectivity index (χ3v) is 4.66. The van der Waals surface area contributed by atoms with Crippen molar-refractivity contribution in [2.24, 2.45) is 0 Å². The minimum Gasteiger partial charge on any atom is -0.468 e. The molecule has 0 spiro atoms. The van der Waals surface area contributed by atoms with E-state index in [-0.39, 0.29) is 0 Å². The van der Waals surface area contributed by atoms with E-state index in [1.165, 1.54) is 20.0 Å². The first-order valence-electron chi connectivity index (χ1n) is 5.21. The Morgan fingerprint density at radius 2 is 2.06 bits per heavy atom. The van der Waals surface area contributed by atoms with Crippen LogP contribution >= 0.6 is 0 Å². The maximum Gasteiger partial charge on any atom is 0.325 e. The Balaban J connectivity index is 3.09. The van der Waals surface area contributed by atoms with E-state index < -0.39 is 21.2 Å². The van der Waals surface area contributed by atoms with Gasteiger partial charge in [0.25, 0.3) is 0 Å². The van der Waals surface area contributed by atoms with Gasteiger partial charge in [0.05, 0.1) is 12.8 Å². The Morgan fingerprint density at radius 1 is 1.44 bits per heavy atom. The van der Waals surface area contributed by atoms with Crippen LogP contribution in [0, 0.1) is 0 Å². The lowest BCUT2D eigenvalue weighted by Crippen LogP contribution is -2.39. The van der Waals surface area contributed by atoms with Crippen molar-refractivity contribution in [1.82, 2.24) is 0 Å². The van der Waals surface area contributed by atoms with E-state index in [2.05, 4.69) is 4.74 Å². The van der Waals surface area contributed by atoms with Crippen LogP contribution in [0.4, 0.5) is 11.4 Å². The predicted molar refractivity (Wildman–Crippen MR) is 69.7 cm³/mol. The molecule has 0 aliphatic heterocycles. The number of ether oxygens (including phenoxy) is 1. The second-order valence-electron chi connectivity index (χ2n) is 3.77. The number of hydrogen-bond donors (Lipinski definition) is 1. The highest BCUT2D eigenvalue weighted by atomic mass is 32.2. The van der Waals surface area contributed by atoms with Gasteiger partial charge in [-0.05, 0) is 25.1 Å². The van der Waals surface area contributed by atoms with Crippen LogP contribution < -0.4 is 10.0 Å².